The molecule has 1 aliphatic carbocycles. The summed E-state index contributed by atoms with van der Waals surface area (Å²) in [6, 6.07) is 14.4. The molecule has 13 nitrogen and oxygen atoms in total. The van der Waals surface area contributed by atoms with Crippen LogP contribution in [0.1, 0.15) is 96.8 Å². The molecule has 0 radical (unpaired) electrons. The normalized spacial score (nSPS) is 17.7. The molecule has 1 saturated carbocycles. The van der Waals surface area contributed by atoms with Crippen LogP contribution >= 0.6 is 0 Å². The van der Waals surface area contributed by atoms with Crippen molar-refractivity contribution in [3.8, 4) is 5.75 Å². The number of imide groups is 1. The second-order valence-electron chi connectivity index (χ2n) is 16.6. The smallest absolute Gasteiger partial charge is 0.433 e. The van der Waals surface area contributed by atoms with E-state index in [9.17, 15) is 32.3 Å². The molecule has 2 saturated heterocycles. The third-order valence-corrected chi connectivity index (χ3v) is 12.9. The summed E-state index contributed by atoms with van der Waals surface area (Å²) in [6.45, 7) is 5.00. The molecule has 60 heavy (non-hydrogen) atoms. The molecule has 4 aromatic rings. The van der Waals surface area contributed by atoms with Crippen molar-refractivity contribution < 1.29 is 37.1 Å². The summed E-state index contributed by atoms with van der Waals surface area (Å²) in [6.07, 6.45) is 7.92. The van der Waals surface area contributed by atoms with Crippen molar-refractivity contribution in [2.45, 2.75) is 76.4 Å². The highest BCUT2D eigenvalue weighted by atomic mass is 19.4. The summed E-state index contributed by atoms with van der Waals surface area (Å²) < 4.78 is 47.0. The average molecular weight is 831 g/mol. The van der Waals surface area contributed by atoms with Crippen molar-refractivity contribution >= 4 is 46.4 Å². The minimum Gasteiger partial charge on any atom is -0.494 e. The Kier molecular flexibility index (Phi) is 13.1. The molecule has 7 rings (SSSR count). The molecular formula is C44H53F3N8O5. The van der Waals surface area contributed by atoms with Gasteiger partial charge in [-0.15, -0.1) is 0 Å². The molecular weight excluding hydrogens is 778 g/mol. The van der Waals surface area contributed by atoms with Crippen LogP contribution in [-0.4, -0.2) is 102 Å². The fourth-order valence-electron chi connectivity index (χ4n) is 9.06. The van der Waals surface area contributed by atoms with Crippen LogP contribution in [-0.2, 0) is 15.8 Å². The van der Waals surface area contributed by atoms with Crippen LogP contribution in [0.3, 0.4) is 0 Å². The first-order valence-corrected chi connectivity index (χ1v) is 20.8. The summed E-state index contributed by atoms with van der Waals surface area (Å²) in [4.78, 5) is 58.6. The Morgan fingerprint density at radius 2 is 1.70 bits per heavy atom. The van der Waals surface area contributed by atoms with Gasteiger partial charge in [-0.1, -0.05) is 12.1 Å². The van der Waals surface area contributed by atoms with Crippen molar-refractivity contribution in [1.82, 2.24) is 29.9 Å². The number of rotatable bonds is 13. The van der Waals surface area contributed by atoms with E-state index in [4.69, 9.17) is 9.84 Å². The molecule has 0 atom stereocenters. The van der Waals surface area contributed by atoms with Crippen LogP contribution in [0.15, 0.2) is 60.8 Å². The number of ether oxygens (including phenoxy) is 1. The quantitative estimate of drug-likeness (QED) is 0.137. The van der Waals surface area contributed by atoms with Gasteiger partial charge in [0.15, 0.2) is 0 Å². The predicted molar refractivity (Wildman–Crippen MR) is 221 cm³/mol. The third-order valence-electron chi connectivity index (χ3n) is 12.9. The van der Waals surface area contributed by atoms with Gasteiger partial charge in [-0.2, -0.15) is 18.3 Å². The summed E-state index contributed by atoms with van der Waals surface area (Å²) in [5.74, 6) is -0.00837. The lowest BCUT2D eigenvalue weighted by molar-refractivity contribution is -0.141. The number of piperidine rings is 2. The second-order valence-corrected chi connectivity index (χ2v) is 16.6. The number of alkyl halides is 3. The molecule has 2 aliphatic heterocycles. The number of hydrogen-bond acceptors (Lipinski definition) is 9. The van der Waals surface area contributed by atoms with Gasteiger partial charge in [-0.25, -0.2) is 4.98 Å². The fourth-order valence-corrected chi connectivity index (χ4v) is 9.06. The minimum atomic E-state index is -4.66. The van der Waals surface area contributed by atoms with Crippen molar-refractivity contribution in [2.75, 3.05) is 63.6 Å². The third kappa shape index (κ3) is 10.1. The lowest BCUT2D eigenvalue weighted by Gasteiger charge is -2.46. The van der Waals surface area contributed by atoms with Crippen molar-refractivity contribution in [3.05, 3.63) is 77.7 Å². The first-order valence-electron chi connectivity index (χ1n) is 20.8. The number of amides is 4. The Morgan fingerprint density at radius 1 is 0.967 bits per heavy atom. The zero-order valence-corrected chi connectivity index (χ0v) is 34.2. The first kappa shape index (κ1) is 42.6. The topological polar surface area (TPSA) is 142 Å². The van der Waals surface area contributed by atoms with Crippen LogP contribution in [0.5, 0.6) is 5.75 Å². The molecule has 4 amide bonds. The number of benzene rings is 2. The summed E-state index contributed by atoms with van der Waals surface area (Å²) in [7, 11) is 3.33. The van der Waals surface area contributed by atoms with E-state index in [1.165, 1.54) is 45.3 Å². The number of halogens is 3. The van der Waals surface area contributed by atoms with E-state index < -0.39 is 17.8 Å². The van der Waals surface area contributed by atoms with Crippen LogP contribution in [0.4, 0.5) is 24.5 Å². The van der Waals surface area contributed by atoms with Gasteiger partial charge in [-0.05, 0) is 112 Å². The zero-order chi connectivity index (χ0) is 42.4. The highest BCUT2D eigenvalue weighted by Crippen LogP contribution is 2.47. The van der Waals surface area contributed by atoms with E-state index in [1.807, 2.05) is 52.0 Å². The zero-order valence-electron chi connectivity index (χ0n) is 34.2. The molecule has 16 heteroatoms. The van der Waals surface area contributed by atoms with Gasteiger partial charge >= 0.3 is 6.18 Å². The monoisotopic (exact) mass is 830 g/mol. The lowest BCUT2D eigenvalue weighted by atomic mass is 9.65. The van der Waals surface area contributed by atoms with Gasteiger partial charge in [0.2, 0.25) is 12.3 Å². The van der Waals surface area contributed by atoms with E-state index >= 15 is 0 Å². The Hall–Kier alpha value is -5.51. The maximum Gasteiger partial charge on any atom is 0.433 e. The SMILES string of the molecule is COc1cc2nn(C3CCN(CCC4CCC5(CC4)CCN(C(=O)c4cccc(N(C)CCC(=O)NC=O)c4)CC5)CC3)cc2cc1NC(=O)c1cccc(C(F)(F)F)n1. The number of carbonyl (C=O) groups is 4. The van der Waals surface area contributed by atoms with Crippen molar-refractivity contribution in [2.24, 2.45) is 11.3 Å². The van der Waals surface area contributed by atoms with Gasteiger partial charge < -0.3 is 24.8 Å². The number of carbonyl (C=O) groups excluding carboxylic acids is 4. The molecule has 0 unspecified atom stereocenters. The number of nitrogens with zero attached hydrogens (tertiary/aromatic N) is 6. The molecule has 4 heterocycles. The number of nitrogens with one attached hydrogen (secondary N) is 2. The molecule has 320 valence electrons. The number of fused-ring (bicyclic) bond motifs is 1. The van der Waals surface area contributed by atoms with Crippen molar-refractivity contribution in [3.63, 3.8) is 0 Å². The first-order chi connectivity index (χ1) is 28.8. The number of methoxy groups -OCH3 is 1. The predicted octanol–water partition coefficient (Wildman–Crippen LogP) is 6.95. The van der Waals surface area contributed by atoms with E-state index in [0.29, 0.717) is 46.8 Å². The van der Waals surface area contributed by atoms with Crippen LogP contribution in [0.2, 0.25) is 0 Å². The Balaban J connectivity index is 0.843. The Bertz CT molecular complexity index is 2170. The van der Waals surface area contributed by atoms with E-state index in [0.717, 1.165) is 81.6 Å². The maximum absolute atomic E-state index is 13.5. The van der Waals surface area contributed by atoms with Crippen molar-refractivity contribution in [1.29, 1.82) is 0 Å². The maximum atomic E-state index is 13.5. The van der Waals surface area contributed by atoms with Gasteiger partial charge in [-0.3, -0.25) is 29.2 Å². The van der Waals surface area contributed by atoms with Crippen LogP contribution < -0.4 is 20.3 Å². The van der Waals surface area contributed by atoms with Gasteiger partial charge in [0, 0.05) is 75.1 Å². The van der Waals surface area contributed by atoms with E-state index in [-0.39, 0.29) is 30.0 Å². The van der Waals surface area contributed by atoms with E-state index in [1.54, 1.807) is 12.1 Å². The van der Waals surface area contributed by atoms with E-state index in [2.05, 4.69) is 20.5 Å². The number of likely N-dealkylation sites (tertiary alicyclic amines) is 2. The number of aromatic nitrogens is 3. The lowest BCUT2D eigenvalue weighted by Crippen LogP contribution is -2.44. The minimum absolute atomic E-state index is 0.0462. The highest BCUT2D eigenvalue weighted by Gasteiger charge is 2.39. The van der Waals surface area contributed by atoms with Crippen LogP contribution in [0, 0.1) is 11.3 Å². The Labute approximate surface area is 347 Å². The molecule has 1 spiro atoms. The molecule has 2 aromatic heterocycles. The average Bonchev–Trinajstić information content (AvgIpc) is 3.68. The fraction of sp³-hybridized carbons (Fsp3) is 0.500. The van der Waals surface area contributed by atoms with Gasteiger partial charge in [0.25, 0.3) is 11.8 Å². The second kappa shape index (κ2) is 18.4. The molecule has 2 aromatic carbocycles. The largest absolute Gasteiger partial charge is 0.494 e. The Morgan fingerprint density at radius 3 is 2.40 bits per heavy atom. The number of hydrogen-bond donors (Lipinski definition) is 2. The number of anilines is 2. The summed E-state index contributed by atoms with van der Waals surface area (Å²) in [5.41, 5.74) is 1.35. The molecule has 3 aliphatic rings. The summed E-state index contributed by atoms with van der Waals surface area (Å²) in [5, 5.41) is 10.4. The van der Waals surface area contributed by atoms with Crippen LogP contribution in [0.25, 0.3) is 10.9 Å². The molecule has 2 N–H and O–H groups in total. The number of pyridine rings is 1. The van der Waals surface area contributed by atoms with Gasteiger partial charge in [0.1, 0.15) is 17.1 Å². The summed E-state index contributed by atoms with van der Waals surface area (Å²) >= 11 is 0. The standard InChI is InChI=1S/C44H53F3N8O5/c1-52(19-14-40(57)48-29-56)34-6-3-5-31(25-34)42(59)54-23-17-43(18-24-54)15-9-30(10-16-43)11-20-53-21-12-33(13-22-53)55-28-32-26-37(38(60-2)27-36(32)51-55)50-41(58)35-7-4-8-39(49-35)44(45,46)47/h3-8,25-30,33H,9-24H2,1-2H3,(H,50,58)(H,48,56,57). The molecule has 0 bridgehead atoms. The molecule has 3 fully saturated rings. The highest BCUT2D eigenvalue weighted by molar-refractivity contribution is 6.05. The van der Waals surface area contributed by atoms with Gasteiger partial charge in [0.05, 0.1) is 24.4 Å².